The summed E-state index contributed by atoms with van der Waals surface area (Å²) in [6, 6.07) is 8.20. The Labute approximate surface area is 125 Å². The predicted molar refractivity (Wildman–Crippen MR) is 76.3 cm³/mol. The lowest BCUT2D eigenvalue weighted by atomic mass is 10.1. The highest BCUT2D eigenvalue weighted by Crippen LogP contribution is 2.27. The van der Waals surface area contributed by atoms with Gasteiger partial charge in [-0.1, -0.05) is 29.3 Å². The van der Waals surface area contributed by atoms with Crippen molar-refractivity contribution in [2.75, 3.05) is 11.9 Å². The molecule has 0 amide bonds. The van der Waals surface area contributed by atoms with Gasteiger partial charge in [-0.3, -0.25) is 0 Å². The van der Waals surface area contributed by atoms with Gasteiger partial charge in [0.25, 0.3) is 0 Å². The zero-order chi connectivity index (χ0) is 14.7. The second-order valence-electron chi connectivity index (χ2n) is 4.16. The van der Waals surface area contributed by atoms with Crippen LogP contribution in [-0.2, 0) is 0 Å². The van der Waals surface area contributed by atoms with E-state index >= 15 is 0 Å². The molecule has 0 fully saturated rings. The van der Waals surface area contributed by atoms with E-state index in [9.17, 15) is 13.9 Å². The lowest BCUT2D eigenvalue weighted by Gasteiger charge is -2.15. The average molecular weight is 318 g/mol. The monoisotopic (exact) mass is 317 g/mol. The zero-order valence-electron chi connectivity index (χ0n) is 10.2. The Bertz CT molecular complexity index is 602. The standard InChI is InChI=1S/C14H11Cl2F2NO/c15-8-4-5-12(9(16)6-8)19-7-13(20)14-10(17)2-1-3-11(14)18/h1-6,13,19-20H,7H2. The summed E-state index contributed by atoms with van der Waals surface area (Å²) in [6.07, 6.45) is -1.33. The van der Waals surface area contributed by atoms with E-state index in [0.717, 1.165) is 12.1 Å². The Morgan fingerprint density at radius 1 is 1.10 bits per heavy atom. The van der Waals surface area contributed by atoms with Gasteiger partial charge in [0.15, 0.2) is 0 Å². The topological polar surface area (TPSA) is 32.3 Å². The van der Waals surface area contributed by atoms with Crippen molar-refractivity contribution in [3.8, 4) is 0 Å². The minimum Gasteiger partial charge on any atom is -0.386 e. The molecular formula is C14H11Cl2F2NO. The van der Waals surface area contributed by atoms with E-state index in [2.05, 4.69) is 5.32 Å². The molecule has 6 heteroatoms. The van der Waals surface area contributed by atoms with Crippen LogP contribution in [0.4, 0.5) is 14.5 Å². The molecule has 0 aliphatic carbocycles. The van der Waals surface area contributed by atoms with E-state index in [-0.39, 0.29) is 12.1 Å². The fourth-order valence-corrected chi connectivity index (χ4v) is 2.25. The van der Waals surface area contributed by atoms with E-state index in [1.807, 2.05) is 0 Å². The van der Waals surface area contributed by atoms with Crippen LogP contribution in [0, 0.1) is 11.6 Å². The largest absolute Gasteiger partial charge is 0.386 e. The summed E-state index contributed by atoms with van der Waals surface area (Å²) in [7, 11) is 0. The van der Waals surface area contributed by atoms with Crippen LogP contribution in [0.3, 0.4) is 0 Å². The van der Waals surface area contributed by atoms with Crippen LogP contribution >= 0.6 is 23.2 Å². The number of hydrogen-bond acceptors (Lipinski definition) is 2. The molecule has 0 aromatic heterocycles. The van der Waals surface area contributed by atoms with Gasteiger partial charge in [-0.25, -0.2) is 8.78 Å². The Morgan fingerprint density at radius 3 is 2.35 bits per heavy atom. The Morgan fingerprint density at radius 2 is 1.75 bits per heavy atom. The highest BCUT2D eigenvalue weighted by molar-refractivity contribution is 6.36. The van der Waals surface area contributed by atoms with Crippen LogP contribution in [-0.4, -0.2) is 11.7 Å². The number of benzene rings is 2. The molecule has 0 spiro atoms. The number of nitrogens with one attached hydrogen (secondary N) is 1. The van der Waals surface area contributed by atoms with E-state index < -0.39 is 17.7 Å². The second-order valence-corrected chi connectivity index (χ2v) is 5.00. The van der Waals surface area contributed by atoms with Crippen molar-refractivity contribution < 1.29 is 13.9 Å². The quantitative estimate of drug-likeness (QED) is 0.875. The molecule has 2 aromatic carbocycles. The van der Waals surface area contributed by atoms with E-state index in [1.54, 1.807) is 12.1 Å². The highest BCUT2D eigenvalue weighted by Gasteiger charge is 2.17. The normalized spacial score (nSPS) is 12.2. The fourth-order valence-electron chi connectivity index (χ4n) is 1.77. The summed E-state index contributed by atoms with van der Waals surface area (Å²) in [6.45, 7) is -0.0841. The van der Waals surface area contributed by atoms with E-state index in [0.29, 0.717) is 15.7 Å². The second kappa shape index (κ2) is 6.39. The first-order valence-corrected chi connectivity index (χ1v) is 6.55. The SMILES string of the molecule is OC(CNc1ccc(Cl)cc1Cl)c1c(F)cccc1F. The molecule has 106 valence electrons. The lowest BCUT2D eigenvalue weighted by molar-refractivity contribution is 0.181. The number of aliphatic hydroxyl groups is 1. The van der Waals surface area contributed by atoms with Gasteiger partial charge in [0.2, 0.25) is 0 Å². The summed E-state index contributed by atoms with van der Waals surface area (Å²) in [5, 5.41) is 13.5. The van der Waals surface area contributed by atoms with Crippen molar-refractivity contribution in [2.24, 2.45) is 0 Å². The first-order valence-electron chi connectivity index (χ1n) is 5.80. The number of aliphatic hydroxyl groups excluding tert-OH is 1. The molecule has 0 saturated heterocycles. The molecule has 2 aromatic rings. The van der Waals surface area contributed by atoms with Gasteiger partial charge < -0.3 is 10.4 Å². The Kier molecular flexibility index (Phi) is 4.81. The maximum absolute atomic E-state index is 13.5. The molecule has 2 rings (SSSR count). The lowest BCUT2D eigenvalue weighted by Crippen LogP contribution is -2.15. The van der Waals surface area contributed by atoms with Crippen LogP contribution < -0.4 is 5.32 Å². The minimum absolute atomic E-state index is 0.0841. The van der Waals surface area contributed by atoms with Gasteiger partial charge in [-0.2, -0.15) is 0 Å². The fraction of sp³-hybridized carbons (Fsp3) is 0.143. The predicted octanol–water partition coefficient (Wildman–Crippen LogP) is 4.42. The van der Waals surface area contributed by atoms with Crippen LogP contribution in [0.2, 0.25) is 10.0 Å². The molecule has 0 aliphatic rings. The molecule has 0 radical (unpaired) electrons. The van der Waals surface area contributed by atoms with Crippen molar-refractivity contribution in [3.63, 3.8) is 0 Å². The molecule has 0 aliphatic heterocycles. The van der Waals surface area contributed by atoms with Crippen LogP contribution in [0.25, 0.3) is 0 Å². The number of hydrogen-bond donors (Lipinski definition) is 2. The molecule has 20 heavy (non-hydrogen) atoms. The number of anilines is 1. The maximum Gasteiger partial charge on any atom is 0.132 e. The summed E-state index contributed by atoms with van der Waals surface area (Å²) < 4.78 is 27.0. The number of halogens is 4. The molecule has 1 unspecified atom stereocenters. The third-order valence-corrected chi connectivity index (χ3v) is 3.30. The molecule has 0 heterocycles. The molecule has 1 atom stereocenters. The third kappa shape index (κ3) is 3.39. The number of rotatable bonds is 4. The summed E-state index contributed by atoms with van der Waals surface area (Å²) in [5.74, 6) is -1.58. The van der Waals surface area contributed by atoms with Crippen molar-refractivity contribution in [1.82, 2.24) is 0 Å². The smallest absolute Gasteiger partial charge is 0.132 e. The van der Waals surface area contributed by atoms with Gasteiger partial charge in [0.05, 0.1) is 16.3 Å². The van der Waals surface area contributed by atoms with E-state index in [4.69, 9.17) is 23.2 Å². The van der Waals surface area contributed by atoms with Crippen molar-refractivity contribution in [2.45, 2.75) is 6.10 Å². The Hall–Kier alpha value is -1.36. The highest BCUT2D eigenvalue weighted by atomic mass is 35.5. The summed E-state index contributed by atoms with van der Waals surface area (Å²) in [5.41, 5.74) is 0.150. The van der Waals surface area contributed by atoms with Gasteiger partial charge in [0.1, 0.15) is 17.7 Å². The van der Waals surface area contributed by atoms with Gasteiger partial charge in [-0.05, 0) is 30.3 Å². The van der Waals surface area contributed by atoms with Gasteiger partial charge in [-0.15, -0.1) is 0 Å². The molecular weight excluding hydrogens is 307 g/mol. The maximum atomic E-state index is 13.5. The molecule has 0 bridgehead atoms. The van der Waals surface area contributed by atoms with E-state index in [1.165, 1.54) is 12.1 Å². The van der Waals surface area contributed by atoms with Crippen molar-refractivity contribution in [3.05, 3.63) is 63.6 Å². The van der Waals surface area contributed by atoms with Crippen molar-refractivity contribution >= 4 is 28.9 Å². The van der Waals surface area contributed by atoms with Gasteiger partial charge >= 0.3 is 0 Å². The first-order chi connectivity index (χ1) is 9.49. The van der Waals surface area contributed by atoms with Crippen LogP contribution in [0.15, 0.2) is 36.4 Å². The summed E-state index contributed by atoms with van der Waals surface area (Å²) in [4.78, 5) is 0. The first kappa shape index (κ1) is 15.0. The minimum atomic E-state index is -1.33. The Balaban J connectivity index is 2.11. The third-order valence-electron chi connectivity index (χ3n) is 2.75. The van der Waals surface area contributed by atoms with Gasteiger partial charge in [0, 0.05) is 11.6 Å². The molecule has 2 nitrogen and oxygen atoms in total. The molecule has 0 saturated carbocycles. The van der Waals surface area contributed by atoms with Crippen LogP contribution in [0.5, 0.6) is 0 Å². The zero-order valence-corrected chi connectivity index (χ0v) is 11.7. The summed E-state index contributed by atoms with van der Waals surface area (Å²) >= 11 is 11.7. The van der Waals surface area contributed by atoms with Crippen molar-refractivity contribution in [1.29, 1.82) is 0 Å². The molecule has 2 N–H and O–H groups in total. The average Bonchev–Trinajstić information content (AvgIpc) is 2.37. The van der Waals surface area contributed by atoms with Crippen LogP contribution in [0.1, 0.15) is 11.7 Å².